The van der Waals surface area contributed by atoms with E-state index in [9.17, 15) is 19.2 Å². The van der Waals surface area contributed by atoms with Crippen molar-refractivity contribution in [2.75, 3.05) is 27.3 Å². The second kappa shape index (κ2) is 18.0. The van der Waals surface area contributed by atoms with Crippen molar-refractivity contribution in [3.8, 4) is 34.0 Å². The van der Waals surface area contributed by atoms with Crippen molar-refractivity contribution < 1.29 is 33.4 Å². The Labute approximate surface area is 374 Å². The molecule has 15 heteroatoms. The van der Waals surface area contributed by atoms with Crippen LogP contribution in [0.3, 0.4) is 0 Å². The van der Waals surface area contributed by atoms with Gasteiger partial charge in [-0.2, -0.15) is 0 Å². The van der Waals surface area contributed by atoms with E-state index in [2.05, 4.69) is 83.0 Å². The molecule has 4 atom stereocenters. The zero-order chi connectivity index (χ0) is 45.4. The van der Waals surface area contributed by atoms with Gasteiger partial charge in [0.25, 0.3) is 0 Å². The number of methoxy groups -OCH3 is 2. The second-order valence-electron chi connectivity index (χ2n) is 17.9. The minimum atomic E-state index is -0.708. The maximum atomic E-state index is 13.7. The van der Waals surface area contributed by atoms with Crippen molar-refractivity contribution in [3.05, 3.63) is 83.7 Å². The van der Waals surface area contributed by atoms with Gasteiger partial charge in [0, 0.05) is 40.8 Å². The summed E-state index contributed by atoms with van der Waals surface area (Å²) in [5, 5.41) is 7.65. The summed E-state index contributed by atoms with van der Waals surface area (Å²) in [7, 11) is 2.59. The van der Waals surface area contributed by atoms with E-state index in [1.54, 1.807) is 0 Å². The summed E-state index contributed by atoms with van der Waals surface area (Å²) in [5.41, 5.74) is 5.59. The Kier molecular flexibility index (Phi) is 12.4. The molecule has 5 aromatic rings. The van der Waals surface area contributed by atoms with Crippen LogP contribution in [0.15, 0.2) is 60.9 Å². The Balaban J connectivity index is 1.04. The lowest BCUT2D eigenvalue weighted by Gasteiger charge is -2.40. The number of benzene rings is 3. The van der Waals surface area contributed by atoms with Crippen LogP contribution in [0.4, 0.5) is 9.59 Å². The topological polar surface area (TPSA) is 184 Å². The van der Waals surface area contributed by atoms with E-state index in [4.69, 9.17) is 24.2 Å². The molecular weight excluding hydrogens is 813 g/mol. The highest BCUT2D eigenvalue weighted by molar-refractivity contribution is 5.94. The fourth-order valence-corrected chi connectivity index (χ4v) is 10.2. The minimum absolute atomic E-state index is 0.118. The number of H-pyrrole nitrogens is 2. The fourth-order valence-electron chi connectivity index (χ4n) is 10.2. The van der Waals surface area contributed by atoms with Gasteiger partial charge < -0.3 is 44.6 Å². The molecular formula is C49H60N8O7. The number of aromatic amines is 2. The van der Waals surface area contributed by atoms with Crippen LogP contribution in [0.25, 0.3) is 33.3 Å². The van der Waals surface area contributed by atoms with Gasteiger partial charge >= 0.3 is 12.2 Å². The van der Waals surface area contributed by atoms with Crippen LogP contribution in [-0.4, -0.2) is 93.1 Å². The van der Waals surface area contributed by atoms with E-state index >= 15 is 0 Å². The van der Waals surface area contributed by atoms with E-state index in [1.807, 2.05) is 49.9 Å². The average Bonchev–Trinajstić information content (AvgIpc) is 4.15. The van der Waals surface area contributed by atoms with E-state index in [1.165, 1.54) is 19.8 Å². The third kappa shape index (κ3) is 7.93. The molecule has 64 heavy (non-hydrogen) atoms. The molecule has 8 rings (SSSR count). The molecule has 2 fully saturated rings. The minimum Gasteiger partial charge on any atom is -0.457 e. The summed E-state index contributed by atoms with van der Waals surface area (Å²) in [5.74, 6) is 2.53. The van der Waals surface area contributed by atoms with Crippen LogP contribution in [0.2, 0.25) is 0 Å². The molecule has 0 spiro atoms. The maximum absolute atomic E-state index is 13.7. The SMILES string of the molecule is CCC1(CC)c2ccc(-c3cnc(C4CCCN4C(=O)[C@H](NC(=O)OC)C(C)C)[nH]3)cc2Oc2ccc3cc(-c4cnc([C@@H]5CCCN5C(=O)[C@@H](NC(=O)OC)C(C)C)[nH]4)ccc3c21. The Morgan fingerprint density at radius 1 is 0.734 bits per heavy atom. The quantitative estimate of drug-likeness (QED) is 0.0951. The number of carbonyl (C=O) groups is 4. The number of fused-ring (bicyclic) bond motifs is 4. The van der Waals surface area contributed by atoms with Crippen LogP contribution < -0.4 is 15.4 Å². The van der Waals surface area contributed by atoms with Crippen molar-refractivity contribution in [3.63, 3.8) is 0 Å². The lowest BCUT2D eigenvalue weighted by molar-refractivity contribution is -0.136. The average molecular weight is 873 g/mol. The number of hydrogen-bond acceptors (Lipinski definition) is 9. The van der Waals surface area contributed by atoms with Crippen LogP contribution in [0.1, 0.15) is 115 Å². The highest BCUT2D eigenvalue weighted by atomic mass is 16.5. The Bertz CT molecular complexity index is 2560. The number of alkyl carbamates (subject to hydrolysis) is 2. The smallest absolute Gasteiger partial charge is 0.407 e. The first-order valence-corrected chi connectivity index (χ1v) is 22.6. The third-order valence-electron chi connectivity index (χ3n) is 13.7. The number of aromatic nitrogens is 4. The summed E-state index contributed by atoms with van der Waals surface area (Å²) in [6.45, 7) is 13.3. The van der Waals surface area contributed by atoms with Crippen LogP contribution in [-0.2, 0) is 24.5 Å². The Morgan fingerprint density at radius 3 is 1.75 bits per heavy atom. The van der Waals surface area contributed by atoms with Crippen molar-refractivity contribution in [2.45, 2.75) is 110 Å². The van der Waals surface area contributed by atoms with Crippen molar-refractivity contribution in [1.29, 1.82) is 0 Å². The monoisotopic (exact) mass is 872 g/mol. The number of hydrogen-bond donors (Lipinski definition) is 4. The van der Waals surface area contributed by atoms with Gasteiger partial charge in [-0.25, -0.2) is 19.6 Å². The normalized spacial score (nSPS) is 18.7. The Hall–Kier alpha value is -6.38. The second-order valence-corrected chi connectivity index (χ2v) is 17.9. The number of rotatable bonds is 12. The molecule has 3 aliphatic heterocycles. The summed E-state index contributed by atoms with van der Waals surface area (Å²) >= 11 is 0. The highest BCUT2D eigenvalue weighted by Crippen LogP contribution is 2.55. The molecule has 0 aliphatic carbocycles. The van der Waals surface area contributed by atoms with E-state index < -0.39 is 24.3 Å². The molecule has 3 aliphatic rings. The van der Waals surface area contributed by atoms with Gasteiger partial charge in [0.15, 0.2) is 0 Å². The van der Waals surface area contributed by atoms with Gasteiger partial charge in [-0.1, -0.05) is 71.9 Å². The third-order valence-corrected chi connectivity index (χ3v) is 13.7. The predicted molar refractivity (Wildman–Crippen MR) is 243 cm³/mol. The van der Waals surface area contributed by atoms with E-state index in [0.29, 0.717) is 18.9 Å². The van der Waals surface area contributed by atoms with Crippen molar-refractivity contribution in [1.82, 2.24) is 40.4 Å². The first-order valence-electron chi connectivity index (χ1n) is 22.6. The number of imidazole rings is 2. The maximum Gasteiger partial charge on any atom is 0.407 e. The summed E-state index contributed by atoms with van der Waals surface area (Å²) < 4.78 is 16.4. The molecule has 338 valence electrons. The van der Waals surface area contributed by atoms with Crippen molar-refractivity contribution >= 4 is 34.8 Å². The van der Waals surface area contributed by atoms with Gasteiger partial charge in [0.05, 0.1) is 50.1 Å². The standard InChI is InChI=1S/C49H60N8O7/c1-9-49(10-2)33-19-16-31(35-26-51-44(53-35)37-14-12-22-57(37)46(59)42(28(5)6)55-48(61)63-8)24-39(33)64-38-20-17-29-23-30(15-18-32(29)40(38)49)34-25-50-43(52-34)36-13-11-21-56(36)45(58)41(27(3)4)54-47(60)62-7/h15-20,23-28,36-37,41-42H,9-14,21-22H2,1-8H3,(H,50,52)(H,51,53)(H,54,60)(H,55,61)/t36-,37?,41-,42+/m0/s1. The number of ether oxygens (including phenoxy) is 3. The molecule has 2 saturated heterocycles. The number of carbonyl (C=O) groups excluding carboxylic acids is 4. The number of likely N-dealkylation sites (tertiary alicyclic amines) is 2. The van der Waals surface area contributed by atoms with Crippen LogP contribution >= 0.6 is 0 Å². The molecule has 2 aromatic heterocycles. The van der Waals surface area contributed by atoms with E-state index in [-0.39, 0.29) is 41.1 Å². The highest BCUT2D eigenvalue weighted by Gasteiger charge is 2.42. The molecule has 15 nitrogen and oxygen atoms in total. The molecule has 1 unspecified atom stereocenters. The van der Waals surface area contributed by atoms with Gasteiger partial charge in [-0.05, 0) is 79.3 Å². The predicted octanol–water partition coefficient (Wildman–Crippen LogP) is 8.92. The summed E-state index contributed by atoms with van der Waals surface area (Å²) in [4.78, 5) is 71.9. The van der Waals surface area contributed by atoms with E-state index in [0.717, 1.165) is 94.7 Å². The first-order chi connectivity index (χ1) is 30.8. The number of nitrogens with zero attached hydrogens (tertiary/aromatic N) is 4. The largest absolute Gasteiger partial charge is 0.457 e. The lowest BCUT2D eigenvalue weighted by Crippen LogP contribution is -2.51. The molecule has 0 radical (unpaired) electrons. The zero-order valence-corrected chi connectivity index (χ0v) is 38.0. The van der Waals surface area contributed by atoms with Crippen molar-refractivity contribution in [2.24, 2.45) is 11.8 Å². The van der Waals surface area contributed by atoms with Gasteiger partial charge in [0.2, 0.25) is 11.8 Å². The Morgan fingerprint density at radius 2 is 1.25 bits per heavy atom. The number of amides is 4. The first kappa shape index (κ1) is 44.2. The van der Waals surface area contributed by atoms with Gasteiger partial charge in [0.1, 0.15) is 35.2 Å². The fraction of sp³-hybridized carbons (Fsp3) is 0.469. The number of nitrogens with one attached hydrogen (secondary N) is 4. The molecule has 4 N–H and O–H groups in total. The molecule has 5 heterocycles. The molecule has 0 bridgehead atoms. The van der Waals surface area contributed by atoms with Gasteiger partial charge in [-0.3, -0.25) is 9.59 Å². The zero-order valence-electron chi connectivity index (χ0n) is 38.0. The molecule has 3 aromatic carbocycles. The van der Waals surface area contributed by atoms with Crippen LogP contribution in [0.5, 0.6) is 11.5 Å². The van der Waals surface area contributed by atoms with Gasteiger partial charge in [-0.15, -0.1) is 0 Å². The summed E-state index contributed by atoms with van der Waals surface area (Å²) in [6.07, 6.45) is 7.33. The van der Waals surface area contributed by atoms with Crippen LogP contribution in [0, 0.1) is 11.8 Å². The lowest BCUT2D eigenvalue weighted by atomic mass is 9.67. The molecule has 4 amide bonds. The summed E-state index contributed by atoms with van der Waals surface area (Å²) in [6, 6.07) is 15.2. The molecule has 0 saturated carbocycles.